The predicted molar refractivity (Wildman–Crippen MR) is 352 cm³/mol. The summed E-state index contributed by atoms with van der Waals surface area (Å²) in [4.78, 5) is 38.4. The number of amides is 3. The first-order valence-corrected chi connectivity index (χ1v) is 36.5. The van der Waals surface area contributed by atoms with Crippen molar-refractivity contribution in [1.29, 1.82) is 0 Å². The van der Waals surface area contributed by atoms with E-state index in [9.17, 15) is 91.0 Å². The van der Waals surface area contributed by atoms with Gasteiger partial charge in [0.05, 0.1) is 51.8 Å². The summed E-state index contributed by atoms with van der Waals surface area (Å²) in [5, 5.41) is 174. The zero-order chi connectivity index (χ0) is 72.6. The summed E-state index contributed by atoms with van der Waals surface area (Å²) in [6.07, 6.45) is -12.1. The highest BCUT2D eigenvalue weighted by atomic mass is 16.8. The van der Waals surface area contributed by atoms with Gasteiger partial charge in [-0.2, -0.15) is 0 Å². The molecule has 5 fully saturated rings. The second kappa shape index (κ2) is 46.9. The average Bonchev–Trinajstić information content (AvgIpc) is 0.776. The maximum Gasteiger partial charge on any atom is 0.220 e. The Hall–Kier alpha value is -2.85. The summed E-state index contributed by atoms with van der Waals surface area (Å²) >= 11 is 0. The molecule has 5 heterocycles. The highest BCUT2D eigenvalue weighted by Gasteiger charge is 2.57. The molecule has 99 heavy (non-hydrogen) atoms. The number of nitrogens with one attached hydrogen (secondary N) is 3. The molecule has 3 amide bonds. The quantitative estimate of drug-likeness (QED) is 0.0256. The Morgan fingerprint density at radius 3 is 1.17 bits per heavy atom. The van der Waals surface area contributed by atoms with Crippen LogP contribution in [-0.4, -0.2) is 300 Å². The molecule has 5 saturated heterocycles. The van der Waals surface area contributed by atoms with Crippen molar-refractivity contribution < 1.29 is 138 Å². The van der Waals surface area contributed by atoms with Gasteiger partial charge in [0.2, 0.25) is 17.7 Å². The second-order valence-electron chi connectivity index (χ2n) is 27.1. The smallest absolute Gasteiger partial charge is 0.220 e. The number of rotatable bonds is 47. The molecule has 578 valence electrons. The van der Waals surface area contributed by atoms with Gasteiger partial charge >= 0.3 is 0 Å². The number of unbranched alkanes of at least 4 members (excludes halogenated alkanes) is 23. The van der Waals surface area contributed by atoms with E-state index >= 15 is 0 Å². The van der Waals surface area contributed by atoms with Crippen LogP contribution < -0.4 is 16.0 Å². The molecule has 5 rings (SSSR count). The SMILES string of the molecule is CCCCCCCCCCCCC/C=C/[C@@H](O)[C@H](CO[C@@H]1OC(CO)[C@@H](O[C@@H]2OC(CO)[C@H](O)[C@H](O[C@@H]3OC(CO)[C@@H](O[C@@H]4OC(CO)[C@H](O)[C@H](O[C@H]5OC(CO)[C@@H](O)[C@H](O)C5NC(C)=O)C4O)[C@H](O)C3NC(C)=O)C2O)[C@H](O)C1O)NC(=O)CCCCCCCCCCCCCCC. The van der Waals surface area contributed by atoms with Gasteiger partial charge in [0.15, 0.2) is 31.5 Å². The van der Waals surface area contributed by atoms with Gasteiger partial charge in [-0.05, 0) is 19.3 Å². The molecule has 31 heteroatoms. The number of allylic oxidation sites excluding steroid dienone is 1. The van der Waals surface area contributed by atoms with Crippen molar-refractivity contribution in [1.82, 2.24) is 16.0 Å². The van der Waals surface area contributed by atoms with E-state index in [0.29, 0.717) is 12.8 Å². The van der Waals surface area contributed by atoms with Gasteiger partial charge in [0, 0.05) is 20.3 Å². The number of aliphatic hydroxyl groups excluding tert-OH is 15. The van der Waals surface area contributed by atoms with Crippen LogP contribution >= 0.6 is 0 Å². The third kappa shape index (κ3) is 27.2. The molecule has 0 saturated carbocycles. The Morgan fingerprint density at radius 2 is 0.747 bits per heavy atom. The molecule has 0 aliphatic carbocycles. The monoisotopic (exact) mass is 1430 g/mol. The number of hydrogen-bond acceptors (Lipinski definition) is 28. The minimum absolute atomic E-state index is 0.190. The van der Waals surface area contributed by atoms with Gasteiger partial charge in [-0.25, -0.2) is 0 Å². The fourth-order valence-electron chi connectivity index (χ4n) is 13.3. The number of aliphatic hydroxyl groups is 15. The number of carbonyl (C=O) groups excluding carboxylic acids is 3. The molecule has 0 aromatic carbocycles. The topological polar surface area (TPSA) is 483 Å². The summed E-state index contributed by atoms with van der Waals surface area (Å²) in [5.41, 5.74) is 0. The number of carbonyl (C=O) groups is 3. The van der Waals surface area contributed by atoms with Gasteiger partial charge in [0.25, 0.3) is 0 Å². The van der Waals surface area contributed by atoms with Crippen molar-refractivity contribution in [3.05, 3.63) is 12.2 Å². The summed E-state index contributed by atoms with van der Waals surface area (Å²) in [6, 6.07) is -4.39. The van der Waals surface area contributed by atoms with E-state index in [1.165, 1.54) is 96.3 Å². The molecule has 0 aromatic heterocycles. The van der Waals surface area contributed by atoms with Crippen LogP contribution in [0.4, 0.5) is 0 Å². The van der Waals surface area contributed by atoms with Crippen molar-refractivity contribution in [2.45, 2.75) is 360 Å². The molecule has 0 aromatic rings. The Balaban J connectivity index is 1.23. The number of ether oxygens (including phenoxy) is 10. The molecule has 18 N–H and O–H groups in total. The van der Waals surface area contributed by atoms with E-state index in [1.54, 1.807) is 6.08 Å². The van der Waals surface area contributed by atoms with E-state index in [1.807, 2.05) is 6.08 Å². The molecule has 27 atom stereocenters. The number of hydrogen-bond donors (Lipinski definition) is 18. The molecule has 10 unspecified atom stereocenters. The van der Waals surface area contributed by atoms with Crippen molar-refractivity contribution in [2.24, 2.45) is 0 Å². The van der Waals surface area contributed by atoms with E-state index in [0.717, 1.165) is 65.2 Å². The second-order valence-corrected chi connectivity index (χ2v) is 27.1. The first-order valence-electron chi connectivity index (χ1n) is 36.5. The Morgan fingerprint density at radius 1 is 0.394 bits per heavy atom. The molecule has 0 spiro atoms. The minimum Gasteiger partial charge on any atom is -0.394 e. The van der Waals surface area contributed by atoms with Crippen LogP contribution in [0.3, 0.4) is 0 Å². The van der Waals surface area contributed by atoms with Crippen molar-refractivity contribution in [3.8, 4) is 0 Å². The molecular weight excluding hydrogens is 1310 g/mol. The van der Waals surface area contributed by atoms with Crippen LogP contribution in [-0.2, 0) is 61.8 Å². The third-order valence-electron chi connectivity index (χ3n) is 19.1. The van der Waals surface area contributed by atoms with Crippen LogP contribution in [0.25, 0.3) is 0 Å². The van der Waals surface area contributed by atoms with Crippen LogP contribution in [0.15, 0.2) is 12.2 Å². The molecule has 31 nitrogen and oxygen atoms in total. The molecule has 5 aliphatic rings. The van der Waals surface area contributed by atoms with Crippen LogP contribution in [0, 0.1) is 0 Å². The van der Waals surface area contributed by atoms with Crippen molar-refractivity contribution >= 4 is 17.7 Å². The minimum atomic E-state index is -2.16. The largest absolute Gasteiger partial charge is 0.394 e. The summed E-state index contributed by atoms with van der Waals surface area (Å²) in [7, 11) is 0. The van der Waals surface area contributed by atoms with Crippen LogP contribution in [0.2, 0.25) is 0 Å². The average molecular weight is 1430 g/mol. The standard InChI is InChI=1S/C68H123N3O28/c1-5-7-9-11-13-15-17-19-21-23-25-27-29-31-42(79)41(71-48(80)32-30-28-26-24-22-20-18-16-14-12-10-8-6-2)38-90-66-57(87)56(86)61(47(37-76)95-66)97-68-59(89)63(53(83)45(35-74)93-68)99-65-50(70-40(4)78)55(85)60(46(36-75)94-65)96-67-58(88)62(52(82)44(34-73)92-67)98-64-49(69-39(3)77)54(84)51(81)43(33-72)91-64/h29,31,41-47,49-68,72-76,79,81-89H,5-28,30,32-38H2,1-4H3,(H,69,77)(H,70,78)(H,71,80)/b31-29+/t41-,42+,43?,44?,45?,46?,47?,49?,50?,51+,52-,53-,54+,55+,56+,57?,58?,59?,60+,61+,62-,63-,64+,65-,66+,67-,68-/m0/s1. The lowest BCUT2D eigenvalue weighted by atomic mass is 9.94. The van der Waals surface area contributed by atoms with Crippen LogP contribution in [0.1, 0.15) is 195 Å². The lowest BCUT2D eigenvalue weighted by Gasteiger charge is -2.50. The normalized spacial score (nSPS) is 35.8. The molecule has 5 aliphatic heterocycles. The lowest BCUT2D eigenvalue weighted by molar-refractivity contribution is -0.385. The highest BCUT2D eigenvalue weighted by molar-refractivity contribution is 5.76. The highest BCUT2D eigenvalue weighted by Crippen LogP contribution is 2.37. The van der Waals surface area contributed by atoms with Gasteiger partial charge in [-0.15, -0.1) is 0 Å². The van der Waals surface area contributed by atoms with E-state index < -0.39 is 217 Å². The zero-order valence-electron chi connectivity index (χ0n) is 58.4. The first kappa shape index (κ1) is 86.8. The Bertz CT molecular complexity index is 2240. The van der Waals surface area contributed by atoms with Gasteiger partial charge in [-0.3, -0.25) is 14.4 Å². The van der Waals surface area contributed by atoms with Gasteiger partial charge < -0.3 is 140 Å². The van der Waals surface area contributed by atoms with Gasteiger partial charge in [0.1, 0.15) is 122 Å². The predicted octanol–water partition coefficient (Wildman–Crippen LogP) is -1.03. The van der Waals surface area contributed by atoms with Gasteiger partial charge in [-0.1, -0.05) is 167 Å². The van der Waals surface area contributed by atoms with E-state index in [2.05, 4.69) is 29.8 Å². The molecule has 0 radical (unpaired) electrons. The molecular formula is C68H123N3O28. The summed E-state index contributed by atoms with van der Waals surface area (Å²) in [5.74, 6) is -1.89. The third-order valence-corrected chi connectivity index (χ3v) is 19.1. The van der Waals surface area contributed by atoms with Crippen LogP contribution in [0.5, 0.6) is 0 Å². The Kier molecular flexibility index (Phi) is 41.1. The Labute approximate surface area is 582 Å². The van der Waals surface area contributed by atoms with E-state index in [-0.39, 0.29) is 12.3 Å². The summed E-state index contributed by atoms with van der Waals surface area (Å²) < 4.78 is 58.9. The van der Waals surface area contributed by atoms with Crippen molar-refractivity contribution in [3.63, 3.8) is 0 Å². The molecule has 0 bridgehead atoms. The maximum atomic E-state index is 13.5. The first-order chi connectivity index (χ1) is 47.6. The van der Waals surface area contributed by atoms with E-state index in [4.69, 9.17) is 47.4 Å². The summed E-state index contributed by atoms with van der Waals surface area (Å²) in [6.45, 7) is 1.36. The fourth-order valence-corrected chi connectivity index (χ4v) is 13.3. The van der Waals surface area contributed by atoms with Crippen molar-refractivity contribution in [2.75, 3.05) is 39.6 Å². The lowest BCUT2D eigenvalue weighted by Crippen LogP contribution is -2.70. The zero-order valence-corrected chi connectivity index (χ0v) is 58.4. The fraction of sp³-hybridized carbons (Fsp3) is 0.926. The maximum absolute atomic E-state index is 13.5.